The van der Waals surface area contributed by atoms with Crippen molar-refractivity contribution in [2.45, 2.75) is 0 Å². The first-order valence-electron chi connectivity index (χ1n) is 8.52. The van der Waals surface area contributed by atoms with Crippen molar-refractivity contribution in [3.63, 3.8) is 0 Å². The van der Waals surface area contributed by atoms with E-state index in [-0.39, 0.29) is 11.4 Å². The number of nitrogens with zero attached hydrogens (tertiary/aromatic N) is 1. The van der Waals surface area contributed by atoms with Crippen LogP contribution < -0.4 is 10.1 Å². The molecule has 0 atom stereocenters. The van der Waals surface area contributed by atoms with Crippen LogP contribution in [0.5, 0.6) is 5.75 Å². The molecular formula is C20H15ClN2O7. The molecule has 1 aromatic heterocycles. The van der Waals surface area contributed by atoms with Gasteiger partial charge in [0, 0.05) is 23.4 Å². The Morgan fingerprint density at radius 2 is 1.87 bits per heavy atom. The van der Waals surface area contributed by atoms with Gasteiger partial charge in [-0.15, -0.1) is 0 Å². The number of hydrogen-bond acceptors (Lipinski definition) is 7. The van der Waals surface area contributed by atoms with E-state index in [0.717, 1.165) is 0 Å². The summed E-state index contributed by atoms with van der Waals surface area (Å²) < 4.78 is 15.4. The first-order chi connectivity index (χ1) is 14.4. The van der Waals surface area contributed by atoms with E-state index >= 15 is 0 Å². The number of amides is 1. The number of hydrogen-bond donors (Lipinski definition) is 1. The van der Waals surface area contributed by atoms with Crippen molar-refractivity contribution in [2.24, 2.45) is 0 Å². The maximum absolute atomic E-state index is 12.1. The number of ether oxygens (including phenoxy) is 2. The molecule has 2 aromatic carbocycles. The van der Waals surface area contributed by atoms with Crippen LogP contribution in [-0.4, -0.2) is 30.5 Å². The van der Waals surface area contributed by atoms with Crippen LogP contribution in [0.1, 0.15) is 10.6 Å². The fourth-order valence-corrected chi connectivity index (χ4v) is 2.75. The molecule has 9 nitrogen and oxygen atoms in total. The molecule has 0 fully saturated rings. The minimum absolute atomic E-state index is 0.0610. The van der Waals surface area contributed by atoms with Gasteiger partial charge in [0.15, 0.2) is 6.61 Å². The van der Waals surface area contributed by atoms with Gasteiger partial charge in [0.05, 0.1) is 17.1 Å². The quantitative estimate of drug-likeness (QED) is 0.336. The molecule has 1 heterocycles. The number of nitrogens with one attached hydrogen (secondary N) is 1. The van der Waals surface area contributed by atoms with E-state index in [1.807, 2.05) is 0 Å². The number of non-ortho nitro benzene ring substituents is 1. The van der Waals surface area contributed by atoms with E-state index in [2.05, 4.69) is 5.32 Å². The van der Waals surface area contributed by atoms with Crippen LogP contribution in [0.4, 0.5) is 11.4 Å². The van der Waals surface area contributed by atoms with Crippen molar-refractivity contribution >= 4 is 34.9 Å². The summed E-state index contributed by atoms with van der Waals surface area (Å²) in [4.78, 5) is 34.3. The van der Waals surface area contributed by atoms with Gasteiger partial charge < -0.3 is 19.2 Å². The lowest BCUT2D eigenvalue weighted by atomic mass is 10.1. The summed E-state index contributed by atoms with van der Waals surface area (Å²) in [6.45, 7) is -0.532. The molecular weight excluding hydrogens is 416 g/mol. The number of esters is 1. The van der Waals surface area contributed by atoms with E-state index in [1.165, 1.54) is 49.6 Å². The summed E-state index contributed by atoms with van der Waals surface area (Å²) in [5, 5.41) is 13.6. The van der Waals surface area contributed by atoms with Crippen molar-refractivity contribution in [3.05, 3.63) is 75.5 Å². The first-order valence-corrected chi connectivity index (χ1v) is 8.90. The summed E-state index contributed by atoms with van der Waals surface area (Å²) in [5.41, 5.74) is 0.906. The van der Waals surface area contributed by atoms with E-state index in [1.54, 1.807) is 12.1 Å². The van der Waals surface area contributed by atoms with Crippen LogP contribution in [0.15, 0.2) is 59.0 Å². The van der Waals surface area contributed by atoms with Gasteiger partial charge in [0.1, 0.15) is 11.5 Å². The molecule has 0 spiro atoms. The Morgan fingerprint density at radius 1 is 1.13 bits per heavy atom. The minimum Gasteiger partial charge on any atom is -0.495 e. The fourth-order valence-electron chi connectivity index (χ4n) is 2.49. The molecule has 1 amide bonds. The van der Waals surface area contributed by atoms with E-state index in [4.69, 9.17) is 25.5 Å². The van der Waals surface area contributed by atoms with Crippen LogP contribution in [0.2, 0.25) is 5.02 Å². The number of carbonyl (C=O) groups is 2. The van der Waals surface area contributed by atoms with E-state index in [0.29, 0.717) is 27.8 Å². The predicted molar refractivity (Wildman–Crippen MR) is 108 cm³/mol. The Morgan fingerprint density at radius 3 is 2.50 bits per heavy atom. The molecule has 0 aliphatic carbocycles. The Kier molecular flexibility index (Phi) is 6.33. The molecule has 30 heavy (non-hydrogen) atoms. The maximum Gasteiger partial charge on any atom is 0.374 e. The molecule has 1 N–H and O–H groups in total. The number of furan rings is 1. The summed E-state index contributed by atoms with van der Waals surface area (Å²) in [6, 6.07) is 13.2. The van der Waals surface area contributed by atoms with Crippen LogP contribution in [-0.2, 0) is 9.53 Å². The highest BCUT2D eigenvalue weighted by molar-refractivity contribution is 6.32. The zero-order valence-electron chi connectivity index (χ0n) is 15.6. The topological polar surface area (TPSA) is 121 Å². The SMILES string of the molecule is COc1ccc(NC(=O)COC(=O)c2ccc(-c3ccc([N+](=O)[O-])cc3)o2)cc1Cl. The minimum atomic E-state index is -0.828. The largest absolute Gasteiger partial charge is 0.495 e. The highest BCUT2D eigenvalue weighted by Gasteiger charge is 2.16. The second-order valence-electron chi connectivity index (χ2n) is 5.94. The molecule has 3 rings (SSSR count). The Hall–Kier alpha value is -3.85. The van der Waals surface area contributed by atoms with E-state index in [9.17, 15) is 19.7 Å². The van der Waals surface area contributed by atoms with Gasteiger partial charge in [-0.1, -0.05) is 11.6 Å². The number of halogens is 1. The molecule has 0 aliphatic rings. The smallest absolute Gasteiger partial charge is 0.374 e. The molecule has 10 heteroatoms. The highest BCUT2D eigenvalue weighted by atomic mass is 35.5. The molecule has 0 aliphatic heterocycles. The number of nitro groups is 1. The third kappa shape index (κ3) is 4.95. The van der Waals surface area contributed by atoms with Gasteiger partial charge in [-0.2, -0.15) is 0 Å². The van der Waals surface area contributed by atoms with Crippen LogP contribution in [0.3, 0.4) is 0 Å². The maximum atomic E-state index is 12.1. The second-order valence-corrected chi connectivity index (χ2v) is 6.35. The number of carbonyl (C=O) groups excluding carboxylic acids is 2. The lowest BCUT2D eigenvalue weighted by Crippen LogP contribution is -2.20. The van der Waals surface area contributed by atoms with Gasteiger partial charge in [-0.25, -0.2) is 4.79 Å². The van der Waals surface area contributed by atoms with Crippen molar-refractivity contribution in [3.8, 4) is 17.1 Å². The zero-order valence-corrected chi connectivity index (χ0v) is 16.3. The standard InChI is InChI=1S/C20H15ClN2O7/c1-28-17-7-4-13(10-15(17)21)22-19(24)11-29-20(25)18-9-8-16(30-18)12-2-5-14(6-3-12)23(26)27/h2-10H,11H2,1H3,(H,22,24). The zero-order chi connectivity index (χ0) is 21.7. The van der Waals surface area contributed by atoms with Gasteiger partial charge in [0.2, 0.25) is 5.76 Å². The third-order valence-corrected chi connectivity index (χ3v) is 4.24. The Labute approximate surface area is 175 Å². The second kappa shape index (κ2) is 9.10. The Balaban J connectivity index is 1.57. The van der Waals surface area contributed by atoms with Crippen molar-refractivity contribution in [1.29, 1.82) is 0 Å². The molecule has 0 unspecified atom stereocenters. The van der Waals surface area contributed by atoms with Gasteiger partial charge in [-0.05, 0) is 42.5 Å². The summed E-state index contributed by atoms with van der Waals surface area (Å²) >= 11 is 5.99. The van der Waals surface area contributed by atoms with Crippen LogP contribution in [0, 0.1) is 10.1 Å². The van der Waals surface area contributed by atoms with E-state index < -0.39 is 23.4 Å². The molecule has 0 radical (unpaired) electrons. The van der Waals surface area contributed by atoms with Gasteiger partial charge in [-0.3, -0.25) is 14.9 Å². The summed E-state index contributed by atoms with van der Waals surface area (Å²) in [7, 11) is 1.47. The molecule has 0 saturated heterocycles. The highest BCUT2D eigenvalue weighted by Crippen LogP contribution is 2.27. The number of anilines is 1. The monoisotopic (exact) mass is 430 g/mol. The molecule has 0 saturated carbocycles. The number of benzene rings is 2. The normalized spacial score (nSPS) is 10.3. The average molecular weight is 431 g/mol. The third-order valence-electron chi connectivity index (χ3n) is 3.94. The summed E-state index contributed by atoms with van der Waals surface area (Å²) in [6.07, 6.45) is 0. The first kappa shape index (κ1) is 20.9. The molecule has 3 aromatic rings. The van der Waals surface area contributed by atoms with Gasteiger partial charge in [0.25, 0.3) is 11.6 Å². The lowest BCUT2D eigenvalue weighted by molar-refractivity contribution is -0.384. The van der Waals surface area contributed by atoms with Gasteiger partial charge >= 0.3 is 5.97 Å². The molecule has 154 valence electrons. The number of methoxy groups -OCH3 is 1. The predicted octanol–water partition coefficient (Wildman–Crippen LogP) is 4.31. The molecule has 0 bridgehead atoms. The van der Waals surface area contributed by atoms with Crippen LogP contribution >= 0.6 is 11.6 Å². The fraction of sp³-hybridized carbons (Fsp3) is 0.100. The average Bonchev–Trinajstić information content (AvgIpc) is 3.22. The Bertz CT molecular complexity index is 1090. The summed E-state index contributed by atoms with van der Waals surface area (Å²) in [5.74, 6) is -0.710. The van der Waals surface area contributed by atoms with Crippen LogP contribution in [0.25, 0.3) is 11.3 Å². The lowest BCUT2D eigenvalue weighted by Gasteiger charge is -2.08. The number of rotatable bonds is 7. The van der Waals surface area contributed by atoms with Crippen molar-refractivity contribution in [1.82, 2.24) is 0 Å². The van der Waals surface area contributed by atoms with Crippen molar-refractivity contribution in [2.75, 3.05) is 19.0 Å². The number of nitro benzene ring substituents is 1. The van der Waals surface area contributed by atoms with Crippen molar-refractivity contribution < 1.29 is 28.4 Å².